The molecule has 12 nitrogen and oxygen atoms in total. The van der Waals surface area contributed by atoms with E-state index in [1.54, 1.807) is 50.2 Å². The summed E-state index contributed by atoms with van der Waals surface area (Å²) in [5, 5.41) is 17.4. The van der Waals surface area contributed by atoms with Crippen LogP contribution in [0.4, 0.5) is 5.69 Å². The second-order valence-electron chi connectivity index (χ2n) is 16.5. The number of hydrazine groups is 1. The molecule has 4 amide bonds. The van der Waals surface area contributed by atoms with Gasteiger partial charge in [0.15, 0.2) is 0 Å². The molecule has 12 heteroatoms. The van der Waals surface area contributed by atoms with Crippen LogP contribution in [0.15, 0.2) is 140 Å². The Morgan fingerprint density at radius 2 is 1.64 bits per heavy atom. The van der Waals surface area contributed by atoms with Gasteiger partial charge in [0.05, 0.1) is 25.2 Å². The van der Waals surface area contributed by atoms with Crippen LogP contribution in [0.1, 0.15) is 53.2 Å². The second kappa shape index (κ2) is 19.5. The van der Waals surface area contributed by atoms with E-state index in [0.29, 0.717) is 24.3 Å². The van der Waals surface area contributed by atoms with Gasteiger partial charge in [-0.2, -0.15) is 0 Å². The van der Waals surface area contributed by atoms with Crippen molar-refractivity contribution in [3.63, 3.8) is 0 Å². The number of unbranched alkanes of at least 4 members (excludes halogenated alkanes) is 1. The Kier molecular flexibility index (Phi) is 13.2. The molecular formula is C52H54N6O6. The van der Waals surface area contributed by atoms with E-state index in [0.717, 1.165) is 57.3 Å². The number of amides is 4. The number of para-hydroxylation sites is 1. The fourth-order valence-corrected chi connectivity index (χ4v) is 8.86. The number of anilines is 1. The number of benzene rings is 5. The predicted molar refractivity (Wildman–Crippen MR) is 248 cm³/mol. The molecule has 2 aliphatic rings. The summed E-state index contributed by atoms with van der Waals surface area (Å²) in [5.74, 6) is 0.0415. The average Bonchev–Trinajstić information content (AvgIpc) is 3.65. The summed E-state index contributed by atoms with van der Waals surface area (Å²) in [6.45, 7) is 7.24. The Balaban J connectivity index is 1.06. The first-order valence-electron chi connectivity index (χ1n) is 21.9. The van der Waals surface area contributed by atoms with Crippen LogP contribution in [0.2, 0.25) is 0 Å². The lowest BCUT2D eigenvalue weighted by atomic mass is 9.97. The van der Waals surface area contributed by atoms with E-state index < -0.39 is 12.2 Å². The minimum Gasteiger partial charge on any atom is -0.508 e. The molecule has 2 fully saturated rings. The number of fused-ring (bicyclic) bond motifs is 2. The van der Waals surface area contributed by atoms with Gasteiger partial charge in [-0.15, -0.1) is 6.58 Å². The molecule has 1 aromatic heterocycles. The molecule has 2 saturated heterocycles. The molecule has 328 valence electrons. The number of ether oxygens (including phenoxy) is 1. The van der Waals surface area contributed by atoms with Crippen LogP contribution in [0.5, 0.6) is 11.5 Å². The largest absolute Gasteiger partial charge is 0.508 e. The van der Waals surface area contributed by atoms with E-state index in [-0.39, 0.29) is 68.4 Å². The van der Waals surface area contributed by atoms with Gasteiger partial charge in [-0.05, 0) is 83.6 Å². The number of rotatable bonds is 16. The highest BCUT2D eigenvalue weighted by atomic mass is 16.5. The van der Waals surface area contributed by atoms with Gasteiger partial charge in [0.2, 0.25) is 17.7 Å². The van der Waals surface area contributed by atoms with Gasteiger partial charge in [0, 0.05) is 61.4 Å². The minimum atomic E-state index is -0.895. The fourth-order valence-electron chi connectivity index (χ4n) is 8.86. The number of piperazine rings is 1. The third kappa shape index (κ3) is 9.42. The summed E-state index contributed by atoms with van der Waals surface area (Å²) in [6.07, 6.45) is 5.97. The van der Waals surface area contributed by atoms with Crippen LogP contribution in [-0.4, -0.2) is 91.6 Å². The van der Waals surface area contributed by atoms with Crippen LogP contribution in [0, 0.1) is 0 Å². The molecule has 2 N–H and O–H groups in total. The SMILES string of the molecule is C=CCN1CC(=O)N2[C@@H](Cc3ccc(O)cc3)C(=O)N(Cc3cccc4c(-c5ccc(C(=O)Nc6ccc(OCCCC)cc6)cc5)cn(C)c34)C[C@@H]2N1C(=O)CCc1ccccc1. The molecule has 0 saturated carbocycles. The Morgan fingerprint density at radius 3 is 2.36 bits per heavy atom. The summed E-state index contributed by atoms with van der Waals surface area (Å²) >= 11 is 0. The van der Waals surface area contributed by atoms with Gasteiger partial charge in [0.1, 0.15) is 23.7 Å². The van der Waals surface area contributed by atoms with Crippen molar-refractivity contribution in [3.05, 3.63) is 162 Å². The normalized spacial score (nSPS) is 16.5. The number of hydrogen-bond donors (Lipinski definition) is 2. The summed E-state index contributed by atoms with van der Waals surface area (Å²) < 4.78 is 7.81. The third-order valence-electron chi connectivity index (χ3n) is 12.0. The van der Waals surface area contributed by atoms with Crippen molar-refractivity contribution >= 4 is 40.2 Å². The highest BCUT2D eigenvalue weighted by Gasteiger charge is 2.51. The Morgan fingerprint density at radius 1 is 0.891 bits per heavy atom. The standard InChI is InChI=1S/C52H54N6O6/c1-4-6-30-64-43-26-22-41(23-27-43)53-51(62)39-20-18-38(19-21-39)45-33-54(3)50-40(13-10-14-44(45)50)32-55-34-47-57(46(52(55)63)31-37-15-24-42(59)25-16-37)49(61)35-56(29-5-2)58(47)48(60)28-17-36-11-8-7-9-12-36/h5,7-16,18-27,33,46-47,59H,2,4,6,17,28-32,34-35H2,1,3H3,(H,53,62)/t46-,47-/m0/s1. The summed E-state index contributed by atoms with van der Waals surface area (Å²) in [4.78, 5) is 59.9. The summed E-state index contributed by atoms with van der Waals surface area (Å²) in [7, 11) is 1.98. The monoisotopic (exact) mass is 858 g/mol. The molecule has 3 heterocycles. The molecule has 5 aromatic carbocycles. The number of aryl methyl sites for hydroxylation is 2. The first-order valence-corrected chi connectivity index (χ1v) is 21.9. The Hall–Kier alpha value is -7.18. The van der Waals surface area contributed by atoms with Crippen molar-refractivity contribution < 1.29 is 29.0 Å². The van der Waals surface area contributed by atoms with Crippen LogP contribution in [-0.2, 0) is 40.8 Å². The quantitative estimate of drug-likeness (QED) is 0.0747. The average molecular weight is 859 g/mol. The van der Waals surface area contributed by atoms with Gasteiger partial charge >= 0.3 is 0 Å². The van der Waals surface area contributed by atoms with Crippen molar-refractivity contribution in [3.8, 4) is 22.6 Å². The number of phenols is 1. The van der Waals surface area contributed by atoms with Crippen molar-refractivity contribution in [1.82, 2.24) is 24.4 Å². The number of aromatic nitrogens is 1. The van der Waals surface area contributed by atoms with E-state index >= 15 is 0 Å². The zero-order chi connectivity index (χ0) is 44.7. The number of carbonyl (C=O) groups excluding carboxylic acids is 4. The molecule has 6 aromatic rings. The maximum absolute atomic E-state index is 14.8. The van der Waals surface area contributed by atoms with Crippen LogP contribution < -0.4 is 10.1 Å². The number of aromatic hydroxyl groups is 1. The first kappa shape index (κ1) is 43.5. The van der Waals surface area contributed by atoms with E-state index in [1.165, 1.54) is 0 Å². The maximum Gasteiger partial charge on any atom is 0.255 e. The molecular weight excluding hydrogens is 805 g/mol. The van der Waals surface area contributed by atoms with E-state index in [1.807, 2.05) is 98.0 Å². The number of nitrogens with one attached hydrogen (secondary N) is 1. The lowest BCUT2D eigenvalue weighted by Gasteiger charge is -2.55. The van der Waals surface area contributed by atoms with Gasteiger partial charge in [0.25, 0.3) is 5.91 Å². The zero-order valence-electron chi connectivity index (χ0n) is 36.4. The summed E-state index contributed by atoms with van der Waals surface area (Å²) in [5.41, 5.74) is 6.75. The van der Waals surface area contributed by atoms with Crippen molar-refractivity contribution in [2.75, 3.05) is 31.6 Å². The third-order valence-corrected chi connectivity index (χ3v) is 12.0. The lowest BCUT2D eigenvalue weighted by molar-refractivity contribution is -0.205. The first-order chi connectivity index (χ1) is 31.1. The second-order valence-corrected chi connectivity index (χ2v) is 16.5. The number of phenolic OH excluding ortho intramolecular Hbond substituents is 1. The number of hydrogen-bond acceptors (Lipinski definition) is 7. The fraction of sp³-hybridized carbons (Fsp3) is 0.269. The molecule has 0 radical (unpaired) electrons. The predicted octanol–water partition coefficient (Wildman–Crippen LogP) is 7.97. The highest BCUT2D eigenvalue weighted by molar-refractivity contribution is 6.05. The van der Waals surface area contributed by atoms with Crippen molar-refractivity contribution in [1.29, 1.82) is 0 Å². The molecule has 8 rings (SSSR count). The minimum absolute atomic E-state index is 0.0705. The molecule has 0 aliphatic carbocycles. The molecule has 0 spiro atoms. The zero-order valence-corrected chi connectivity index (χ0v) is 36.4. The smallest absolute Gasteiger partial charge is 0.255 e. The molecule has 64 heavy (non-hydrogen) atoms. The Bertz CT molecular complexity index is 2630. The van der Waals surface area contributed by atoms with Crippen molar-refractivity contribution in [2.45, 2.75) is 57.8 Å². The maximum atomic E-state index is 14.8. The highest BCUT2D eigenvalue weighted by Crippen LogP contribution is 2.35. The van der Waals surface area contributed by atoms with Gasteiger partial charge in [-0.1, -0.05) is 92.2 Å². The van der Waals surface area contributed by atoms with Gasteiger partial charge in [-0.3, -0.25) is 19.2 Å². The van der Waals surface area contributed by atoms with Crippen LogP contribution in [0.3, 0.4) is 0 Å². The van der Waals surface area contributed by atoms with E-state index in [2.05, 4.69) is 35.6 Å². The van der Waals surface area contributed by atoms with E-state index in [9.17, 15) is 24.3 Å². The number of nitrogens with zero attached hydrogens (tertiary/aromatic N) is 5. The van der Waals surface area contributed by atoms with Crippen LogP contribution >= 0.6 is 0 Å². The molecule has 2 aliphatic heterocycles. The lowest BCUT2D eigenvalue weighted by Crippen LogP contribution is -2.75. The van der Waals surface area contributed by atoms with Gasteiger partial charge in [-0.25, -0.2) is 10.0 Å². The van der Waals surface area contributed by atoms with Gasteiger partial charge < -0.3 is 29.5 Å². The topological polar surface area (TPSA) is 128 Å². The molecule has 2 atom stereocenters. The Labute approximate surface area is 373 Å². The van der Waals surface area contributed by atoms with E-state index in [4.69, 9.17) is 4.74 Å². The van der Waals surface area contributed by atoms with Crippen LogP contribution in [0.25, 0.3) is 22.0 Å². The molecule has 0 unspecified atom stereocenters. The summed E-state index contributed by atoms with van der Waals surface area (Å²) in [6, 6.07) is 36.5. The molecule has 0 bridgehead atoms. The van der Waals surface area contributed by atoms with Crippen molar-refractivity contribution in [2.24, 2.45) is 7.05 Å². The number of carbonyl (C=O) groups is 4.